The van der Waals surface area contributed by atoms with Crippen LogP contribution in [0.3, 0.4) is 0 Å². The fourth-order valence-electron chi connectivity index (χ4n) is 3.77. The summed E-state index contributed by atoms with van der Waals surface area (Å²) in [4.78, 5) is 29.0. The maximum atomic E-state index is 13.0. The lowest BCUT2D eigenvalue weighted by Gasteiger charge is -2.21. The number of benzene rings is 3. The molecule has 0 saturated carbocycles. The molecule has 34 heavy (non-hydrogen) atoms. The number of rotatable bonds is 1. The topological polar surface area (TPSA) is 59.0 Å². The van der Waals surface area contributed by atoms with Gasteiger partial charge in [-0.2, -0.15) is 13.2 Å². The van der Waals surface area contributed by atoms with Crippen molar-refractivity contribution in [3.05, 3.63) is 107 Å². The van der Waals surface area contributed by atoms with Crippen molar-refractivity contribution < 1.29 is 27.5 Å². The third-order valence-electron chi connectivity index (χ3n) is 5.44. The molecule has 174 valence electrons. The molecule has 0 N–H and O–H groups in total. The Hall–Kier alpha value is -3.94. The van der Waals surface area contributed by atoms with E-state index in [0.717, 1.165) is 0 Å². The van der Waals surface area contributed by atoms with Crippen molar-refractivity contribution in [2.45, 2.75) is 31.8 Å². The van der Waals surface area contributed by atoms with E-state index in [1.54, 1.807) is 54.6 Å². The molecule has 0 saturated heterocycles. The summed E-state index contributed by atoms with van der Waals surface area (Å²) >= 11 is 0. The molecule has 0 aromatic heterocycles. The minimum Gasteiger partial charge on any atom is -0.466 e. The first-order valence-electron chi connectivity index (χ1n) is 10.6. The van der Waals surface area contributed by atoms with Crippen molar-refractivity contribution in [1.29, 1.82) is 0 Å². The third-order valence-corrected chi connectivity index (χ3v) is 5.44. The summed E-state index contributed by atoms with van der Waals surface area (Å²) in [6.45, 7) is 1.61. The molecule has 0 radical (unpaired) electrons. The largest absolute Gasteiger partial charge is 0.471 e. The Kier molecular flexibility index (Phi) is 6.49. The maximum absolute atomic E-state index is 13.0. The van der Waals surface area contributed by atoms with E-state index in [0.29, 0.717) is 16.7 Å². The zero-order chi connectivity index (χ0) is 24.3. The van der Waals surface area contributed by atoms with E-state index in [9.17, 15) is 22.8 Å². The monoisotopic (exact) mass is 466 g/mol. The van der Waals surface area contributed by atoms with Crippen LogP contribution in [0, 0.1) is 6.92 Å². The van der Waals surface area contributed by atoms with Crippen LogP contribution in [0.5, 0.6) is 0 Å². The molecule has 3 aromatic carbocycles. The first kappa shape index (κ1) is 23.2. The van der Waals surface area contributed by atoms with E-state index in [2.05, 4.69) is 24.0 Å². The van der Waals surface area contributed by atoms with Crippen molar-refractivity contribution >= 4 is 17.7 Å². The van der Waals surface area contributed by atoms with Gasteiger partial charge < -0.3 is 4.74 Å². The number of nitrogens with zero attached hydrogens (tertiary/aromatic N) is 2. The molecular formula is C26H21F3N2O3. The number of aryl methyl sites for hydroxylation is 1. The average Bonchev–Trinajstić information content (AvgIpc) is 3.24. The summed E-state index contributed by atoms with van der Waals surface area (Å²) < 4.78 is 44.8. The Morgan fingerprint density at radius 1 is 0.941 bits per heavy atom. The van der Waals surface area contributed by atoms with Crippen molar-refractivity contribution in [3.8, 4) is 0 Å². The second kappa shape index (κ2) is 9.51. The van der Waals surface area contributed by atoms with Gasteiger partial charge in [-0.15, -0.1) is 0 Å². The smallest absolute Gasteiger partial charge is 0.466 e. The van der Waals surface area contributed by atoms with Gasteiger partial charge in [0.1, 0.15) is 0 Å². The van der Waals surface area contributed by atoms with E-state index in [-0.39, 0.29) is 10.8 Å². The second-order valence-corrected chi connectivity index (χ2v) is 7.86. The van der Waals surface area contributed by atoms with Gasteiger partial charge in [0.25, 0.3) is 5.91 Å². The quantitative estimate of drug-likeness (QED) is 0.507. The highest BCUT2D eigenvalue weighted by atomic mass is 19.4. The third kappa shape index (κ3) is 4.85. The summed E-state index contributed by atoms with van der Waals surface area (Å²) in [5.74, 6) is -3.06. The lowest BCUT2D eigenvalue weighted by molar-refractivity contribution is -0.188. The molecule has 0 bridgehead atoms. The molecule has 0 fully saturated rings. The van der Waals surface area contributed by atoms with Crippen LogP contribution >= 0.6 is 0 Å². The van der Waals surface area contributed by atoms with E-state index in [4.69, 9.17) is 4.74 Å². The van der Waals surface area contributed by atoms with Gasteiger partial charge >= 0.3 is 12.1 Å². The molecular weight excluding hydrogens is 445 g/mol. The van der Waals surface area contributed by atoms with Crippen molar-refractivity contribution in [2.75, 3.05) is 0 Å². The van der Waals surface area contributed by atoms with Crippen LogP contribution in [-0.2, 0) is 20.9 Å². The van der Waals surface area contributed by atoms with Crippen molar-refractivity contribution in [3.63, 3.8) is 0 Å². The number of imide groups is 1. The first-order valence-corrected chi connectivity index (χ1v) is 10.6. The standard InChI is InChI=1S/C19H13F3N2O3.C7H8/c20-19(21,22)18(26)24-10-12-8-4-5-9-13(12)15-14(17(24)25)23-16(27-15)11-6-2-1-3-7-11;1-7-5-3-2-4-6-7/h1-9,14-15H,10H2;2-6H,1H3. The minimum atomic E-state index is -5.16. The van der Waals surface area contributed by atoms with E-state index >= 15 is 0 Å². The highest BCUT2D eigenvalue weighted by Gasteiger charge is 2.51. The van der Waals surface area contributed by atoms with Crippen molar-refractivity contribution in [2.24, 2.45) is 4.99 Å². The van der Waals surface area contributed by atoms with Crippen molar-refractivity contribution in [1.82, 2.24) is 4.90 Å². The van der Waals surface area contributed by atoms with Gasteiger partial charge in [0.2, 0.25) is 5.90 Å². The molecule has 2 aliphatic heterocycles. The summed E-state index contributed by atoms with van der Waals surface area (Å²) in [5.41, 5.74) is 2.88. The number of ether oxygens (including phenoxy) is 1. The number of hydrogen-bond acceptors (Lipinski definition) is 4. The highest BCUT2D eigenvalue weighted by molar-refractivity contribution is 6.04. The lowest BCUT2D eigenvalue weighted by atomic mass is 9.99. The van der Waals surface area contributed by atoms with E-state index in [1.807, 2.05) is 18.2 Å². The number of carbonyl (C=O) groups is 2. The fraction of sp³-hybridized carbons (Fsp3) is 0.192. The normalized spacial score (nSPS) is 19.0. The Morgan fingerprint density at radius 2 is 1.53 bits per heavy atom. The zero-order valence-electron chi connectivity index (χ0n) is 18.2. The zero-order valence-corrected chi connectivity index (χ0v) is 18.2. The average molecular weight is 466 g/mol. The van der Waals surface area contributed by atoms with Gasteiger partial charge in [0, 0.05) is 11.1 Å². The van der Waals surface area contributed by atoms with Gasteiger partial charge in [-0.3, -0.25) is 14.5 Å². The SMILES string of the molecule is Cc1ccccc1.O=C1C2N=C(c3ccccc3)OC2c2ccccc2CN1C(=O)C(F)(F)F. The fourth-order valence-corrected chi connectivity index (χ4v) is 3.77. The summed E-state index contributed by atoms with van der Waals surface area (Å²) in [7, 11) is 0. The van der Waals surface area contributed by atoms with Crippen LogP contribution in [0.1, 0.15) is 28.4 Å². The van der Waals surface area contributed by atoms with Crippen LogP contribution in [0.2, 0.25) is 0 Å². The van der Waals surface area contributed by atoms with Crippen LogP contribution in [0.25, 0.3) is 0 Å². The summed E-state index contributed by atoms with van der Waals surface area (Å²) in [5, 5.41) is 0. The summed E-state index contributed by atoms with van der Waals surface area (Å²) in [6, 6.07) is 24.3. The number of hydrogen-bond donors (Lipinski definition) is 0. The number of amides is 2. The Bertz CT molecular complexity index is 1210. The number of carbonyl (C=O) groups excluding carboxylic acids is 2. The molecule has 2 aliphatic rings. The van der Waals surface area contributed by atoms with E-state index in [1.165, 1.54) is 5.56 Å². The molecule has 3 aromatic rings. The number of alkyl halides is 3. The van der Waals surface area contributed by atoms with E-state index < -0.39 is 36.7 Å². The molecule has 8 heteroatoms. The Morgan fingerprint density at radius 3 is 2.12 bits per heavy atom. The summed E-state index contributed by atoms with van der Waals surface area (Å²) in [6.07, 6.45) is -6.04. The number of aliphatic imine (C=N–C) groups is 1. The van der Waals surface area contributed by atoms with Crippen LogP contribution in [0.15, 0.2) is 89.9 Å². The number of halogens is 3. The predicted molar refractivity (Wildman–Crippen MR) is 120 cm³/mol. The molecule has 5 rings (SSSR count). The van der Waals surface area contributed by atoms with Gasteiger partial charge in [-0.25, -0.2) is 4.99 Å². The lowest BCUT2D eigenvalue weighted by Crippen LogP contribution is -2.47. The van der Waals surface area contributed by atoms with Crippen LogP contribution in [0.4, 0.5) is 13.2 Å². The molecule has 0 spiro atoms. The van der Waals surface area contributed by atoms with Gasteiger partial charge in [-0.1, -0.05) is 78.4 Å². The van der Waals surface area contributed by atoms with Gasteiger partial charge in [-0.05, 0) is 24.6 Å². The molecule has 2 amide bonds. The minimum absolute atomic E-state index is 0.162. The van der Waals surface area contributed by atoms with Gasteiger partial charge in [0.05, 0.1) is 6.54 Å². The maximum Gasteiger partial charge on any atom is 0.471 e. The van der Waals surface area contributed by atoms with Crippen LogP contribution in [-0.4, -0.2) is 34.8 Å². The molecule has 0 aliphatic carbocycles. The Balaban J connectivity index is 0.000000336. The number of fused-ring (bicyclic) bond motifs is 3. The first-order chi connectivity index (χ1) is 16.3. The molecule has 5 nitrogen and oxygen atoms in total. The second-order valence-electron chi connectivity index (χ2n) is 7.86. The molecule has 2 atom stereocenters. The highest BCUT2D eigenvalue weighted by Crippen LogP contribution is 2.38. The molecule has 2 unspecified atom stereocenters. The predicted octanol–water partition coefficient (Wildman–Crippen LogP) is 5.00. The molecule has 2 heterocycles. The van der Waals surface area contributed by atoms with Gasteiger partial charge in [0.15, 0.2) is 12.1 Å². The Labute approximate surface area is 194 Å². The van der Waals surface area contributed by atoms with Crippen LogP contribution < -0.4 is 0 Å².